The molecule has 3 aromatic rings. The Labute approximate surface area is 133 Å². The van der Waals surface area contributed by atoms with Gasteiger partial charge in [-0.2, -0.15) is 9.36 Å². The van der Waals surface area contributed by atoms with E-state index < -0.39 is 0 Å². The van der Waals surface area contributed by atoms with Crippen molar-refractivity contribution in [2.75, 3.05) is 0 Å². The fourth-order valence-electron chi connectivity index (χ4n) is 2.42. The predicted octanol–water partition coefficient (Wildman–Crippen LogP) is 2.16. The van der Waals surface area contributed by atoms with Crippen LogP contribution in [0.1, 0.15) is 16.7 Å². The molecule has 0 N–H and O–H groups in total. The van der Waals surface area contributed by atoms with E-state index in [4.69, 9.17) is 4.74 Å². The van der Waals surface area contributed by atoms with Gasteiger partial charge < -0.3 is 4.74 Å². The van der Waals surface area contributed by atoms with E-state index in [-0.39, 0.29) is 5.69 Å². The molecule has 0 unspecified atom stereocenters. The summed E-state index contributed by atoms with van der Waals surface area (Å²) in [6.07, 6.45) is 0. The van der Waals surface area contributed by atoms with Crippen LogP contribution in [0.2, 0.25) is 0 Å². The van der Waals surface area contributed by atoms with Crippen LogP contribution in [0.5, 0.6) is 5.75 Å². The van der Waals surface area contributed by atoms with Crippen LogP contribution >= 0.6 is 0 Å². The highest BCUT2D eigenvalue weighted by Crippen LogP contribution is 2.21. The van der Waals surface area contributed by atoms with Gasteiger partial charge in [0, 0.05) is 12.6 Å². The first-order valence-corrected chi connectivity index (χ1v) is 7.33. The standard InChI is InChI=1S/C17H18N4O2/c1-12-8-9-16(13(2)10-12)23-11-14-6-4-5-7-15(14)21-17(22)20(3)18-19-21/h4-10H,11H2,1-3H3. The van der Waals surface area contributed by atoms with E-state index in [0.717, 1.165) is 16.9 Å². The van der Waals surface area contributed by atoms with Crippen molar-refractivity contribution in [3.05, 3.63) is 69.6 Å². The average molecular weight is 310 g/mol. The Balaban J connectivity index is 1.89. The summed E-state index contributed by atoms with van der Waals surface area (Å²) in [6, 6.07) is 13.6. The summed E-state index contributed by atoms with van der Waals surface area (Å²) < 4.78 is 8.39. The highest BCUT2D eigenvalue weighted by atomic mass is 16.5. The molecule has 118 valence electrons. The summed E-state index contributed by atoms with van der Waals surface area (Å²) in [6.45, 7) is 4.41. The van der Waals surface area contributed by atoms with E-state index >= 15 is 0 Å². The zero-order valence-electron chi connectivity index (χ0n) is 13.4. The van der Waals surface area contributed by atoms with Gasteiger partial charge in [0.25, 0.3) is 0 Å². The van der Waals surface area contributed by atoms with Crippen molar-refractivity contribution in [1.82, 2.24) is 19.8 Å². The molecule has 0 aliphatic rings. The van der Waals surface area contributed by atoms with Gasteiger partial charge in [-0.15, -0.1) is 0 Å². The second-order valence-electron chi connectivity index (χ2n) is 5.48. The molecule has 0 fully saturated rings. The Morgan fingerprint density at radius 3 is 2.57 bits per heavy atom. The molecule has 2 aromatic carbocycles. The maximum Gasteiger partial charge on any atom is 0.368 e. The second kappa shape index (κ2) is 6.08. The molecule has 6 heteroatoms. The highest BCUT2D eigenvalue weighted by Gasteiger charge is 2.11. The maximum atomic E-state index is 12.0. The summed E-state index contributed by atoms with van der Waals surface area (Å²) in [7, 11) is 1.57. The number of nitrogens with zero attached hydrogens (tertiary/aromatic N) is 4. The predicted molar refractivity (Wildman–Crippen MR) is 86.8 cm³/mol. The van der Waals surface area contributed by atoms with Crippen molar-refractivity contribution >= 4 is 0 Å². The van der Waals surface area contributed by atoms with E-state index in [9.17, 15) is 4.79 Å². The molecule has 0 saturated heterocycles. The van der Waals surface area contributed by atoms with Gasteiger partial charge in [-0.25, -0.2) is 4.79 Å². The van der Waals surface area contributed by atoms with Gasteiger partial charge in [-0.1, -0.05) is 35.9 Å². The molecular formula is C17H18N4O2. The minimum Gasteiger partial charge on any atom is -0.489 e. The quantitative estimate of drug-likeness (QED) is 0.741. The van der Waals surface area contributed by atoms with Gasteiger partial charge >= 0.3 is 5.69 Å². The Morgan fingerprint density at radius 2 is 1.87 bits per heavy atom. The van der Waals surface area contributed by atoms with Crippen molar-refractivity contribution in [1.29, 1.82) is 0 Å². The molecule has 0 bridgehead atoms. The molecule has 0 aliphatic heterocycles. The summed E-state index contributed by atoms with van der Waals surface area (Å²) >= 11 is 0. The molecule has 1 heterocycles. The maximum absolute atomic E-state index is 12.0. The van der Waals surface area contributed by atoms with E-state index in [1.165, 1.54) is 14.9 Å². The lowest BCUT2D eigenvalue weighted by Gasteiger charge is -2.12. The Morgan fingerprint density at radius 1 is 1.09 bits per heavy atom. The molecule has 0 spiro atoms. The molecule has 0 radical (unpaired) electrons. The lowest BCUT2D eigenvalue weighted by molar-refractivity contribution is 0.303. The van der Waals surface area contributed by atoms with Crippen molar-refractivity contribution in [3.8, 4) is 11.4 Å². The van der Waals surface area contributed by atoms with Crippen LogP contribution in [-0.2, 0) is 13.7 Å². The Bertz CT molecular complexity index is 896. The fraction of sp³-hybridized carbons (Fsp3) is 0.235. The first-order chi connectivity index (χ1) is 11.1. The van der Waals surface area contributed by atoms with Crippen LogP contribution in [0.15, 0.2) is 47.3 Å². The molecular weight excluding hydrogens is 292 g/mol. The minimum absolute atomic E-state index is 0.288. The van der Waals surface area contributed by atoms with Gasteiger partial charge in [-0.3, -0.25) is 0 Å². The van der Waals surface area contributed by atoms with Gasteiger partial charge in [0.15, 0.2) is 0 Å². The summed E-state index contributed by atoms with van der Waals surface area (Å²) in [4.78, 5) is 12.0. The first kappa shape index (κ1) is 15.0. The number of para-hydroxylation sites is 1. The molecule has 0 aliphatic carbocycles. The number of hydrogen-bond donors (Lipinski definition) is 0. The van der Waals surface area contributed by atoms with Crippen LogP contribution in [0.25, 0.3) is 5.69 Å². The third-order valence-corrected chi connectivity index (χ3v) is 3.66. The molecule has 1 aromatic heterocycles. The van der Waals surface area contributed by atoms with E-state index in [0.29, 0.717) is 12.3 Å². The molecule has 6 nitrogen and oxygen atoms in total. The van der Waals surface area contributed by atoms with Crippen LogP contribution in [-0.4, -0.2) is 19.8 Å². The largest absolute Gasteiger partial charge is 0.489 e. The zero-order valence-corrected chi connectivity index (χ0v) is 13.4. The van der Waals surface area contributed by atoms with Crippen molar-refractivity contribution in [2.45, 2.75) is 20.5 Å². The van der Waals surface area contributed by atoms with Crippen LogP contribution < -0.4 is 10.4 Å². The van der Waals surface area contributed by atoms with Crippen LogP contribution in [0, 0.1) is 13.8 Å². The molecule has 0 amide bonds. The summed E-state index contributed by atoms with van der Waals surface area (Å²) in [5.74, 6) is 0.830. The van der Waals surface area contributed by atoms with Crippen molar-refractivity contribution in [3.63, 3.8) is 0 Å². The number of ether oxygens (including phenoxy) is 1. The highest BCUT2D eigenvalue weighted by molar-refractivity contribution is 5.40. The van der Waals surface area contributed by atoms with Gasteiger partial charge in [0.2, 0.25) is 0 Å². The Kier molecular flexibility index (Phi) is 3.97. The van der Waals surface area contributed by atoms with E-state index in [1.54, 1.807) is 7.05 Å². The minimum atomic E-state index is -0.288. The topological polar surface area (TPSA) is 61.9 Å². The number of rotatable bonds is 4. The first-order valence-electron chi connectivity index (χ1n) is 7.33. The number of benzene rings is 2. The summed E-state index contributed by atoms with van der Waals surface area (Å²) in [5.41, 5.74) is 3.54. The molecule has 3 rings (SSSR count). The van der Waals surface area contributed by atoms with E-state index in [2.05, 4.69) is 16.5 Å². The van der Waals surface area contributed by atoms with E-state index in [1.807, 2.05) is 50.2 Å². The van der Waals surface area contributed by atoms with Crippen molar-refractivity contribution in [2.24, 2.45) is 7.05 Å². The number of aromatic nitrogens is 4. The summed E-state index contributed by atoms with van der Waals surface area (Å²) in [5, 5.41) is 7.64. The Hall–Kier alpha value is -2.89. The lowest BCUT2D eigenvalue weighted by atomic mass is 10.1. The smallest absolute Gasteiger partial charge is 0.368 e. The third kappa shape index (κ3) is 3.01. The van der Waals surface area contributed by atoms with Gasteiger partial charge in [0.1, 0.15) is 12.4 Å². The molecule has 0 saturated carbocycles. The average Bonchev–Trinajstić information content (AvgIpc) is 2.86. The fourth-order valence-corrected chi connectivity index (χ4v) is 2.42. The van der Waals surface area contributed by atoms with Gasteiger partial charge in [0.05, 0.1) is 5.69 Å². The molecule has 23 heavy (non-hydrogen) atoms. The lowest BCUT2D eigenvalue weighted by Crippen LogP contribution is -2.23. The van der Waals surface area contributed by atoms with Crippen LogP contribution in [0.4, 0.5) is 0 Å². The normalized spacial score (nSPS) is 10.7. The zero-order chi connectivity index (χ0) is 16.4. The van der Waals surface area contributed by atoms with Gasteiger partial charge in [-0.05, 0) is 42.0 Å². The van der Waals surface area contributed by atoms with Crippen molar-refractivity contribution < 1.29 is 4.74 Å². The number of aryl methyl sites for hydroxylation is 3. The SMILES string of the molecule is Cc1ccc(OCc2ccccc2-n2nnn(C)c2=O)c(C)c1. The monoisotopic (exact) mass is 310 g/mol. The number of tetrazole rings is 1. The number of hydrogen-bond acceptors (Lipinski definition) is 4. The third-order valence-electron chi connectivity index (χ3n) is 3.66. The van der Waals surface area contributed by atoms with Crippen LogP contribution in [0.3, 0.4) is 0 Å². The second-order valence-corrected chi connectivity index (χ2v) is 5.48. The molecule has 0 atom stereocenters.